The normalized spacial score (nSPS) is 12.2. The Morgan fingerprint density at radius 1 is 1.15 bits per heavy atom. The van der Waals surface area contributed by atoms with Gasteiger partial charge in [-0.2, -0.15) is 0 Å². The van der Waals surface area contributed by atoms with Crippen molar-refractivity contribution in [3.63, 3.8) is 0 Å². The van der Waals surface area contributed by atoms with E-state index in [-0.39, 0.29) is 12.7 Å². The maximum atomic E-state index is 12.2. The number of rotatable bonds is 6. The van der Waals surface area contributed by atoms with E-state index in [0.29, 0.717) is 25.1 Å². The zero-order valence-electron chi connectivity index (χ0n) is 15.0. The van der Waals surface area contributed by atoms with Gasteiger partial charge in [-0.1, -0.05) is 35.0 Å². The Labute approximate surface area is 157 Å². The fourth-order valence-corrected chi connectivity index (χ4v) is 3.05. The van der Waals surface area contributed by atoms with Crippen molar-refractivity contribution in [2.24, 2.45) is 0 Å². The molecule has 0 saturated carbocycles. The standard InChI is InChI=1S/C21H20N2O4/c1-14-3-2-4-16(9-14)21-17(12-27-23-21)6-8-20(24)22-11-15-5-7-18-19(10-15)26-13-25-18/h2-5,7,9-10,12H,6,8,11,13H2,1H3,(H,22,24). The van der Waals surface area contributed by atoms with E-state index in [1.165, 1.54) is 0 Å². The van der Waals surface area contributed by atoms with E-state index in [0.717, 1.165) is 33.7 Å². The molecule has 6 heteroatoms. The largest absolute Gasteiger partial charge is 0.454 e. The Bertz CT molecular complexity index is 964. The number of amides is 1. The van der Waals surface area contributed by atoms with Crippen molar-refractivity contribution in [2.75, 3.05) is 6.79 Å². The SMILES string of the molecule is Cc1cccc(-c2nocc2CCC(=O)NCc2ccc3c(c2)OCO3)c1. The van der Waals surface area contributed by atoms with Gasteiger partial charge in [-0.15, -0.1) is 0 Å². The minimum Gasteiger partial charge on any atom is -0.454 e. The lowest BCUT2D eigenvalue weighted by Gasteiger charge is -2.06. The molecule has 0 aliphatic carbocycles. The molecule has 1 aromatic heterocycles. The lowest BCUT2D eigenvalue weighted by Crippen LogP contribution is -2.23. The van der Waals surface area contributed by atoms with Crippen LogP contribution in [0.1, 0.15) is 23.1 Å². The molecule has 2 heterocycles. The first kappa shape index (κ1) is 17.1. The molecule has 1 aliphatic heterocycles. The van der Waals surface area contributed by atoms with E-state index in [9.17, 15) is 4.79 Å². The Hall–Kier alpha value is -3.28. The maximum absolute atomic E-state index is 12.2. The van der Waals surface area contributed by atoms with Crippen molar-refractivity contribution < 1.29 is 18.8 Å². The number of benzene rings is 2. The molecule has 1 amide bonds. The number of hydrogen-bond acceptors (Lipinski definition) is 5. The molecule has 3 aromatic rings. The van der Waals surface area contributed by atoms with Crippen LogP contribution in [-0.4, -0.2) is 17.9 Å². The van der Waals surface area contributed by atoms with Gasteiger partial charge in [-0.3, -0.25) is 4.79 Å². The highest BCUT2D eigenvalue weighted by Gasteiger charge is 2.14. The van der Waals surface area contributed by atoms with Gasteiger partial charge in [0.05, 0.1) is 0 Å². The number of fused-ring (bicyclic) bond motifs is 1. The number of carbonyl (C=O) groups excluding carboxylic acids is 1. The highest BCUT2D eigenvalue weighted by atomic mass is 16.7. The summed E-state index contributed by atoms with van der Waals surface area (Å²) in [5, 5.41) is 7.03. The second-order valence-corrected chi connectivity index (χ2v) is 6.52. The molecule has 0 atom stereocenters. The Morgan fingerprint density at radius 2 is 2.04 bits per heavy atom. The highest BCUT2D eigenvalue weighted by Crippen LogP contribution is 2.32. The first-order valence-corrected chi connectivity index (χ1v) is 8.84. The maximum Gasteiger partial charge on any atom is 0.231 e. The molecule has 27 heavy (non-hydrogen) atoms. The van der Waals surface area contributed by atoms with Crippen LogP contribution in [0.3, 0.4) is 0 Å². The summed E-state index contributed by atoms with van der Waals surface area (Å²) in [5.41, 5.74) is 4.85. The van der Waals surface area contributed by atoms with Crippen molar-refractivity contribution >= 4 is 5.91 Å². The molecular formula is C21H20N2O4. The second kappa shape index (κ2) is 7.53. The quantitative estimate of drug-likeness (QED) is 0.723. The minimum absolute atomic E-state index is 0.0240. The summed E-state index contributed by atoms with van der Waals surface area (Å²) in [7, 11) is 0. The monoisotopic (exact) mass is 364 g/mol. The summed E-state index contributed by atoms with van der Waals surface area (Å²) in [5.74, 6) is 1.43. The van der Waals surface area contributed by atoms with Crippen LogP contribution in [0, 0.1) is 6.92 Å². The lowest BCUT2D eigenvalue weighted by molar-refractivity contribution is -0.121. The van der Waals surface area contributed by atoms with Crippen LogP contribution >= 0.6 is 0 Å². The van der Waals surface area contributed by atoms with E-state index in [1.807, 2.05) is 43.3 Å². The van der Waals surface area contributed by atoms with Gasteiger partial charge in [0.15, 0.2) is 11.5 Å². The molecule has 0 spiro atoms. The van der Waals surface area contributed by atoms with Gasteiger partial charge in [-0.25, -0.2) is 0 Å². The van der Waals surface area contributed by atoms with Gasteiger partial charge in [0.25, 0.3) is 0 Å². The zero-order chi connectivity index (χ0) is 18.6. The van der Waals surface area contributed by atoms with Crippen LogP contribution in [0.5, 0.6) is 11.5 Å². The van der Waals surface area contributed by atoms with Gasteiger partial charge in [-0.05, 0) is 37.1 Å². The summed E-state index contributed by atoms with van der Waals surface area (Å²) in [6.45, 7) is 2.73. The molecule has 0 saturated heterocycles. The van der Waals surface area contributed by atoms with Crippen molar-refractivity contribution in [3.8, 4) is 22.8 Å². The number of aromatic nitrogens is 1. The zero-order valence-corrected chi connectivity index (χ0v) is 15.0. The molecule has 138 valence electrons. The number of hydrogen-bond donors (Lipinski definition) is 1. The summed E-state index contributed by atoms with van der Waals surface area (Å²) in [4.78, 5) is 12.2. The van der Waals surface area contributed by atoms with E-state index in [2.05, 4.69) is 16.5 Å². The molecule has 0 radical (unpaired) electrons. The van der Waals surface area contributed by atoms with Gasteiger partial charge < -0.3 is 19.3 Å². The number of carbonyl (C=O) groups is 1. The van der Waals surface area contributed by atoms with E-state index in [4.69, 9.17) is 14.0 Å². The van der Waals surface area contributed by atoms with Crippen molar-refractivity contribution in [3.05, 3.63) is 65.4 Å². The first-order chi connectivity index (χ1) is 13.2. The minimum atomic E-state index is -0.0240. The topological polar surface area (TPSA) is 73.6 Å². The number of ether oxygens (including phenoxy) is 2. The first-order valence-electron chi connectivity index (χ1n) is 8.84. The third kappa shape index (κ3) is 3.95. The van der Waals surface area contributed by atoms with E-state index < -0.39 is 0 Å². The Balaban J connectivity index is 1.33. The fourth-order valence-electron chi connectivity index (χ4n) is 3.05. The highest BCUT2D eigenvalue weighted by molar-refractivity contribution is 5.76. The van der Waals surface area contributed by atoms with Crippen LogP contribution in [-0.2, 0) is 17.8 Å². The van der Waals surface area contributed by atoms with Gasteiger partial charge >= 0.3 is 0 Å². The van der Waals surface area contributed by atoms with Crippen molar-refractivity contribution in [1.82, 2.24) is 10.5 Å². The molecule has 4 rings (SSSR count). The molecule has 0 unspecified atom stereocenters. The number of nitrogens with one attached hydrogen (secondary N) is 1. The lowest BCUT2D eigenvalue weighted by atomic mass is 10.0. The Morgan fingerprint density at radius 3 is 2.93 bits per heavy atom. The average Bonchev–Trinajstić information content (AvgIpc) is 3.33. The average molecular weight is 364 g/mol. The summed E-state index contributed by atoms with van der Waals surface area (Å²) < 4.78 is 15.8. The van der Waals surface area contributed by atoms with Crippen LogP contribution in [0.25, 0.3) is 11.3 Å². The second-order valence-electron chi connectivity index (χ2n) is 6.52. The van der Waals surface area contributed by atoms with E-state index >= 15 is 0 Å². The van der Waals surface area contributed by atoms with Gasteiger partial charge in [0.2, 0.25) is 12.7 Å². The predicted molar refractivity (Wildman–Crippen MR) is 99.4 cm³/mol. The fraction of sp³-hybridized carbons (Fsp3) is 0.238. The molecule has 1 N–H and O–H groups in total. The van der Waals surface area contributed by atoms with Gasteiger partial charge in [0.1, 0.15) is 12.0 Å². The molecule has 0 fully saturated rings. The number of nitrogens with zero attached hydrogens (tertiary/aromatic N) is 1. The molecule has 2 aromatic carbocycles. The molecule has 1 aliphatic rings. The smallest absolute Gasteiger partial charge is 0.231 e. The third-order valence-corrected chi connectivity index (χ3v) is 4.48. The number of aryl methyl sites for hydroxylation is 2. The molecule has 0 bridgehead atoms. The van der Waals surface area contributed by atoms with Gasteiger partial charge in [0, 0.05) is 24.1 Å². The van der Waals surface area contributed by atoms with Crippen LogP contribution in [0.2, 0.25) is 0 Å². The summed E-state index contributed by atoms with van der Waals surface area (Å²) >= 11 is 0. The van der Waals surface area contributed by atoms with Crippen LogP contribution in [0.15, 0.2) is 53.3 Å². The van der Waals surface area contributed by atoms with E-state index in [1.54, 1.807) is 6.26 Å². The van der Waals surface area contributed by atoms with Crippen LogP contribution in [0.4, 0.5) is 0 Å². The Kier molecular flexibility index (Phi) is 4.78. The summed E-state index contributed by atoms with van der Waals surface area (Å²) in [6, 6.07) is 13.7. The molecular weight excluding hydrogens is 344 g/mol. The molecule has 6 nitrogen and oxygen atoms in total. The van der Waals surface area contributed by atoms with Crippen molar-refractivity contribution in [2.45, 2.75) is 26.3 Å². The summed E-state index contributed by atoms with van der Waals surface area (Å²) in [6.07, 6.45) is 2.55. The van der Waals surface area contributed by atoms with Crippen molar-refractivity contribution in [1.29, 1.82) is 0 Å². The predicted octanol–water partition coefficient (Wildman–Crippen LogP) is 3.63. The van der Waals surface area contributed by atoms with Crippen LogP contribution < -0.4 is 14.8 Å². The third-order valence-electron chi connectivity index (χ3n) is 4.48.